The van der Waals surface area contributed by atoms with Gasteiger partial charge in [-0.2, -0.15) is 10.2 Å². The minimum Gasteiger partial charge on any atom is -0.451 e. The molecule has 7 rings (SSSR count). The first-order valence-corrected chi connectivity index (χ1v) is 32.8. The molecule has 0 bridgehead atoms. The first-order chi connectivity index (χ1) is 42.7. The van der Waals surface area contributed by atoms with E-state index in [1.165, 1.54) is 88.9 Å². The van der Waals surface area contributed by atoms with Crippen molar-refractivity contribution in [2.75, 3.05) is 28.2 Å². The summed E-state index contributed by atoms with van der Waals surface area (Å²) in [6.07, 6.45) is 6.98. The largest absolute Gasteiger partial charge is 0.451 e. The van der Waals surface area contributed by atoms with E-state index in [4.69, 9.17) is 18.9 Å². The van der Waals surface area contributed by atoms with Crippen molar-refractivity contribution in [1.29, 1.82) is 0 Å². The summed E-state index contributed by atoms with van der Waals surface area (Å²) in [5.74, 6) is -6.41. The number of aromatic nitrogens is 4. The number of carbonyl (C=O) groups is 8. The van der Waals surface area contributed by atoms with Gasteiger partial charge in [0.1, 0.15) is 24.2 Å². The average molecular weight is 1250 g/mol. The maximum atomic E-state index is 15.2. The van der Waals surface area contributed by atoms with Gasteiger partial charge >= 0.3 is 23.9 Å². The molecule has 2 aromatic heterocycles. The van der Waals surface area contributed by atoms with Gasteiger partial charge in [-0.1, -0.05) is 130 Å². The molecule has 1 aliphatic heterocycles. The number of benzene rings is 2. The quantitative estimate of drug-likeness (QED) is 0.0669. The van der Waals surface area contributed by atoms with E-state index in [2.05, 4.69) is 22.3 Å². The Morgan fingerprint density at radius 2 is 0.656 bits per heavy atom. The van der Waals surface area contributed by atoms with Crippen LogP contribution in [0.3, 0.4) is 0 Å². The average Bonchev–Trinajstić information content (AvgIpc) is 2.75. The topological polar surface area (TPSA) is 222 Å². The van der Waals surface area contributed by atoms with E-state index in [-0.39, 0.29) is 62.2 Å². The Labute approximate surface area is 533 Å². The molecule has 2 aliphatic carbocycles. The van der Waals surface area contributed by atoms with Gasteiger partial charge in [0.2, 0.25) is 0 Å². The molecule has 8 atom stereocenters. The first-order valence-electron chi connectivity index (χ1n) is 32.8. The van der Waals surface area contributed by atoms with Gasteiger partial charge in [0, 0.05) is 76.6 Å². The fourth-order valence-electron chi connectivity index (χ4n) is 12.9. The zero-order valence-electron chi connectivity index (χ0n) is 55.8. The van der Waals surface area contributed by atoms with Crippen LogP contribution >= 0.6 is 0 Å². The molecule has 492 valence electrons. The standard InChI is InChI=1S/C70H100N8O12/c1-43(2)35-57-67(83)87-47(9)63(79)73(11)60(38-46(7)8)70(86)90-62(40-50-25-29-52(30-26-50)42-78-56(32-34-72-78)54-21-17-18-22-54)66(82)76(14)58(36-44(3)4)68(84)88-48(10)64(80)74(12)59(37-45(5)6)69(85)89-61(65(81)75(57)13)39-49-23-27-51(28-24-49)41-77-55(31-33-71-77)53-19-15-16-20-53/h23-34,43-48,53-54,57-62H,15-22,35-42H2,1-14H3/t47-,48-,57+,58+,59+,60+,61-,62-/m1/s1. The zero-order valence-corrected chi connectivity index (χ0v) is 55.8. The molecule has 0 N–H and O–H groups in total. The lowest BCUT2D eigenvalue weighted by Crippen LogP contribution is -2.55. The fourth-order valence-corrected chi connectivity index (χ4v) is 12.9. The van der Waals surface area contributed by atoms with E-state index < -0.39 is 96.1 Å². The van der Waals surface area contributed by atoms with Gasteiger partial charge < -0.3 is 38.5 Å². The van der Waals surface area contributed by atoms with Crippen LogP contribution in [-0.2, 0) is 83.2 Å². The summed E-state index contributed by atoms with van der Waals surface area (Å²) >= 11 is 0. The summed E-state index contributed by atoms with van der Waals surface area (Å²) in [4.78, 5) is 123. The maximum absolute atomic E-state index is 15.2. The van der Waals surface area contributed by atoms with Gasteiger partial charge in [-0.15, -0.1) is 0 Å². The van der Waals surface area contributed by atoms with Crippen LogP contribution in [0.5, 0.6) is 0 Å². The van der Waals surface area contributed by atoms with Crippen molar-refractivity contribution in [3.8, 4) is 0 Å². The molecule has 4 aromatic rings. The summed E-state index contributed by atoms with van der Waals surface area (Å²) in [6, 6.07) is 14.2. The molecular formula is C70H100N8O12. The van der Waals surface area contributed by atoms with Crippen molar-refractivity contribution in [2.24, 2.45) is 23.7 Å². The second-order valence-electron chi connectivity index (χ2n) is 27.2. The number of hydrogen-bond acceptors (Lipinski definition) is 14. The van der Waals surface area contributed by atoms with E-state index in [9.17, 15) is 28.8 Å². The van der Waals surface area contributed by atoms with Gasteiger partial charge in [0.25, 0.3) is 23.6 Å². The van der Waals surface area contributed by atoms with Crippen LogP contribution in [0, 0.1) is 23.7 Å². The minimum atomic E-state index is -1.53. The Hall–Kier alpha value is -7.38. The van der Waals surface area contributed by atoms with Crippen molar-refractivity contribution in [2.45, 2.75) is 233 Å². The van der Waals surface area contributed by atoms with Crippen molar-refractivity contribution >= 4 is 47.5 Å². The molecule has 0 unspecified atom stereocenters. The van der Waals surface area contributed by atoms with Crippen LogP contribution in [0.25, 0.3) is 0 Å². The van der Waals surface area contributed by atoms with Crippen molar-refractivity contribution in [3.05, 3.63) is 107 Å². The Morgan fingerprint density at radius 1 is 0.389 bits per heavy atom. The molecule has 0 radical (unpaired) electrons. The van der Waals surface area contributed by atoms with Crippen LogP contribution in [-0.4, -0.2) is 163 Å². The van der Waals surface area contributed by atoms with Crippen LogP contribution in [0.1, 0.15) is 192 Å². The lowest BCUT2D eigenvalue weighted by atomic mass is 9.99. The number of hydrogen-bond donors (Lipinski definition) is 0. The van der Waals surface area contributed by atoms with Gasteiger partial charge in [0.05, 0.1) is 13.1 Å². The number of nitrogens with zero attached hydrogens (tertiary/aromatic N) is 8. The molecule has 20 heteroatoms. The molecule has 0 spiro atoms. The second-order valence-corrected chi connectivity index (χ2v) is 27.2. The fraction of sp³-hybridized carbons (Fsp3) is 0.629. The molecule has 3 aliphatic rings. The normalized spacial score (nSPS) is 24.2. The Bertz CT molecular complexity index is 2850. The highest BCUT2D eigenvalue weighted by Crippen LogP contribution is 2.36. The van der Waals surface area contributed by atoms with Gasteiger partial charge in [-0.25, -0.2) is 19.2 Å². The lowest BCUT2D eigenvalue weighted by Gasteiger charge is -2.35. The van der Waals surface area contributed by atoms with Gasteiger partial charge in [0.15, 0.2) is 24.4 Å². The molecule has 4 amide bonds. The van der Waals surface area contributed by atoms with E-state index in [0.29, 0.717) is 36.1 Å². The highest BCUT2D eigenvalue weighted by Gasteiger charge is 2.43. The predicted octanol–water partition coefficient (Wildman–Crippen LogP) is 9.47. The van der Waals surface area contributed by atoms with Crippen LogP contribution in [0.15, 0.2) is 73.1 Å². The van der Waals surface area contributed by atoms with Crippen molar-refractivity contribution in [1.82, 2.24) is 39.2 Å². The lowest BCUT2D eigenvalue weighted by molar-refractivity contribution is -0.176. The third kappa shape index (κ3) is 18.4. The number of cyclic esters (lactones) is 4. The SMILES string of the molecule is CC(C)C[C@H]1C(=O)O[C@H](Cc2ccc(Cn3nccc3C3CCCC3)cc2)C(=O)N(C)[C@@H](CC(C)C)C(=O)O[C@H](C)C(=O)N(C)[C@@H](CC(C)C)C(=O)O[C@H](Cc2ccc(Cn3nccc3C3CCCC3)cc2)C(=O)N(C)[C@@H](CC(C)C)C(=O)O[C@H](C)C(=O)N1C. The van der Waals surface area contributed by atoms with Crippen LogP contribution in [0.2, 0.25) is 0 Å². The van der Waals surface area contributed by atoms with Gasteiger partial charge in [-0.3, -0.25) is 28.5 Å². The molecule has 90 heavy (non-hydrogen) atoms. The molecule has 2 saturated carbocycles. The summed E-state index contributed by atoms with van der Waals surface area (Å²) in [6.45, 7) is 18.8. The Balaban J connectivity index is 1.23. The Kier molecular flexibility index (Phi) is 25.0. The third-order valence-electron chi connectivity index (χ3n) is 18.1. The van der Waals surface area contributed by atoms with E-state index in [0.717, 1.165) is 46.6 Å². The minimum absolute atomic E-state index is 0.0892. The highest BCUT2D eigenvalue weighted by molar-refractivity contribution is 5.94. The van der Waals surface area contributed by atoms with Gasteiger partial charge in [-0.05, 0) is 123 Å². The molecule has 3 heterocycles. The number of rotatable bonds is 18. The van der Waals surface area contributed by atoms with Crippen molar-refractivity contribution < 1.29 is 57.3 Å². The van der Waals surface area contributed by atoms with E-state index >= 15 is 9.59 Å². The second kappa shape index (κ2) is 32.1. The first kappa shape index (κ1) is 70.1. The summed E-state index contributed by atoms with van der Waals surface area (Å²) in [5.41, 5.74) is 5.61. The summed E-state index contributed by atoms with van der Waals surface area (Å²) in [5, 5.41) is 9.26. The number of esters is 4. The monoisotopic (exact) mass is 1240 g/mol. The summed E-state index contributed by atoms with van der Waals surface area (Å²) in [7, 11) is 5.66. The van der Waals surface area contributed by atoms with Crippen LogP contribution in [0.4, 0.5) is 0 Å². The Morgan fingerprint density at radius 3 is 0.944 bits per heavy atom. The number of carbonyl (C=O) groups excluding carboxylic acids is 8. The molecule has 3 fully saturated rings. The highest BCUT2D eigenvalue weighted by atomic mass is 16.6. The molecule has 1 saturated heterocycles. The van der Waals surface area contributed by atoms with Crippen molar-refractivity contribution in [3.63, 3.8) is 0 Å². The maximum Gasteiger partial charge on any atom is 0.329 e. The number of likely N-dealkylation sites (N-methyl/N-ethyl adjacent to an activating group) is 4. The molecule has 20 nitrogen and oxygen atoms in total. The molecule has 2 aromatic carbocycles. The van der Waals surface area contributed by atoms with Crippen LogP contribution < -0.4 is 0 Å². The van der Waals surface area contributed by atoms with E-state index in [1.54, 1.807) is 0 Å². The zero-order chi connectivity index (χ0) is 65.7. The summed E-state index contributed by atoms with van der Waals surface area (Å²) < 4.78 is 28.6. The predicted molar refractivity (Wildman–Crippen MR) is 340 cm³/mol. The third-order valence-corrected chi connectivity index (χ3v) is 18.1. The number of ether oxygens (including phenoxy) is 4. The molecular weight excluding hydrogens is 1140 g/mol. The smallest absolute Gasteiger partial charge is 0.329 e. The van der Waals surface area contributed by atoms with E-state index in [1.807, 2.05) is 126 Å². The number of amides is 4.